The van der Waals surface area contributed by atoms with Crippen LogP contribution in [0.15, 0.2) is 18.2 Å². The molecule has 21 heavy (non-hydrogen) atoms. The van der Waals surface area contributed by atoms with Gasteiger partial charge in [0.25, 0.3) is 0 Å². The van der Waals surface area contributed by atoms with Crippen LogP contribution in [-0.4, -0.2) is 39.2 Å². The zero-order valence-corrected chi connectivity index (χ0v) is 12.0. The van der Waals surface area contributed by atoms with Gasteiger partial charge in [-0.05, 0) is 18.6 Å². The number of anilines is 1. The van der Waals surface area contributed by atoms with E-state index >= 15 is 0 Å². The highest BCUT2D eigenvalue weighted by molar-refractivity contribution is 8.00. The van der Waals surface area contributed by atoms with Crippen molar-refractivity contribution in [3.05, 3.63) is 29.8 Å². The number of hydrogen-bond donors (Lipinski definition) is 2. The monoisotopic (exact) mass is 316 g/mol. The first kappa shape index (κ1) is 15.6. The molecule has 2 atom stereocenters. The molecule has 1 aliphatic rings. The number of carbonyl (C=O) groups excluding carboxylic acids is 1. The molecule has 0 saturated carbocycles. The molecule has 1 saturated heterocycles. The summed E-state index contributed by atoms with van der Waals surface area (Å²) in [6.45, 7) is 1.81. The van der Waals surface area contributed by atoms with Crippen LogP contribution >= 0.6 is 11.8 Å². The fourth-order valence-electron chi connectivity index (χ4n) is 2.13. The Kier molecular flexibility index (Phi) is 4.66. The Morgan fingerprint density at radius 1 is 1.43 bits per heavy atom. The summed E-state index contributed by atoms with van der Waals surface area (Å²) in [5, 5.41) is 10.9. The standard InChI is InChI=1S/C13H14F2N2O3S/c1-2-10-17(9(6-21-10)12(18)19)13(20)16-11-7(14)4-3-5-8(11)15/h3-5,9-10H,2,6H2,1H3,(H,16,20)(H,18,19). The van der Waals surface area contributed by atoms with Gasteiger partial charge in [0.2, 0.25) is 0 Å². The molecule has 1 heterocycles. The number of aliphatic carboxylic acids is 1. The largest absolute Gasteiger partial charge is 0.480 e. The van der Waals surface area contributed by atoms with E-state index < -0.39 is 35.4 Å². The van der Waals surface area contributed by atoms with Gasteiger partial charge in [0.05, 0.1) is 5.37 Å². The number of halogens is 2. The summed E-state index contributed by atoms with van der Waals surface area (Å²) >= 11 is 1.33. The van der Waals surface area contributed by atoms with Crippen molar-refractivity contribution in [1.82, 2.24) is 4.90 Å². The topological polar surface area (TPSA) is 69.6 Å². The lowest BCUT2D eigenvalue weighted by atomic mass is 10.2. The molecule has 1 aromatic rings. The average Bonchev–Trinajstić information content (AvgIpc) is 2.87. The highest BCUT2D eigenvalue weighted by Crippen LogP contribution is 2.32. The number of benzene rings is 1. The normalized spacial score (nSPS) is 21.4. The Morgan fingerprint density at radius 2 is 2.05 bits per heavy atom. The SMILES string of the molecule is CCC1SCC(C(=O)O)N1C(=O)Nc1c(F)cccc1F. The van der Waals surface area contributed by atoms with Crippen molar-refractivity contribution < 1.29 is 23.5 Å². The van der Waals surface area contributed by atoms with Gasteiger partial charge in [-0.25, -0.2) is 18.4 Å². The highest BCUT2D eigenvalue weighted by Gasteiger charge is 2.41. The van der Waals surface area contributed by atoms with Crippen LogP contribution in [0.3, 0.4) is 0 Å². The Bertz CT molecular complexity index is 550. The van der Waals surface area contributed by atoms with Crippen LogP contribution in [0.1, 0.15) is 13.3 Å². The maximum Gasteiger partial charge on any atom is 0.327 e. The summed E-state index contributed by atoms with van der Waals surface area (Å²) in [6, 6.07) is 1.39. The van der Waals surface area contributed by atoms with Crippen LogP contribution in [0.5, 0.6) is 0 Å². The number of thioether (sulfide) groups is 1. The van der Waals surface area contributed by atoms with Gasteiger partial charge in [-0.3, -0.25) is 4.90 Å². The van der Waals surface area contributed by atoms with Crippen molar-refractivity contribution in [3.8, 4) is 0 Å². The number of nitrogens with one attached hydrogen (secondary N) is 1. The maximum absolute atomic E-state index is 13.5. The molecular weight excluding hydrogens is 302 g/mol. The lowest BCUT2D eigenvalue weighted by Gasteiger charge is -2.26. The number of carbonyl (C=O) groups is 2. The predicted molar refractivity (Wildman–Crippen MR) is 75.2 cm³/mol. The van der Waals surface area contributed by atoms with Crippen LogP contribution in [0.2, 0.25) is 0 Å². The van der Waals surface area contributed by atoms with Crippen LogP contribution in [0.4, 0.5) is 19.3 Å². The van der Waals surface area contributed by atoms with Gasteiger partial charge in [-0.15, -0.1) is 11.8 Å². The maximum atomic E-state index is 13.5. The van der Waals surface area contributed by atoms with Crippen molar-refractivity contribution in [2.24, 2.45) is 0 Å². The van der Waals surface area contributed by atoms with Crippen molar-refractivity contribution in [2.45, 2.75) is 24.8 Å². The average molecular weight is 316 g/mol. The highest BCUT2D eigenvalue weighted by atomic mass is 32.2. The molecular formula is C13H14F2N2O3S. The molecule has 8 heteroatoms. The van der Waals surface area contributed by atoms with Crippen LogP contribution in [-0.2, 0) is 4.79 Å². The van der Waals surface area contributed by atoms with E-state index in [0.29, 0.717) is 6.42 Å². The van der Waals surface area contributed by atoms with E-state index in [4.69, 9.17) is 5.11 Å². The number of para-hydroxylation sites is 1. The predicted octanol–water partition coefficient (Wildman–Crippen LogP) is 2.73. The summed E-state index contributed by atoms with van der Waals surface area (Å²) in [7, 11) is 0. The fraction of sp³-hybridized carbons (Fsp3) is 0.385. The molecule has 0 aromatic heterocycles. The van der Waals surface area contributed by atoms with Gasteiger partial charge in [0.1, 0.15) is 23.4 Å². The first-order chi connectivity index (χ1) is 9.95. The number of rotatable bonds is 3. The number of carboxylic acids is 1. The van der Waals surface area contributed by atoms with E-state index in [2.05, 4.69) is 5.32 Å². The summed E-state index contributed by atoms with van der Waals surface area (Å²) in [6.07, 6.45) is 0.543. The number of hydrogen-bond acceptors (Lipinski definition) is 3. The lowest BCUT2D eigenvalue weighted by molar-refractivity contribution is -0.141. The Labute approximate surface area is 124 Å². The fourth-order valence-corrected chi connectivity index (χ4v) is 3.48. The third-order valence-corrected chi connectivity index (χ3v) is 4.61. The first-order valence-electron chi connectivity index (χ1n) is 6.33. The smallest absolute Gasteiger partial charge is 0.327 e. The zero-order chi connectivity index (χ0) is 15.6. The van der Waals surface area contributed by atoms with Gasteiger partial charge in [-0.1, -0.05) is 13.0 Å². The Balaban J connectivity index is 2.23. The third-order valence-electron chi connectivity index (χ3n) is 3.16. The molecule has 2 rings (SSSR count). The second-order valence-corrected chi connectivity index (χ2v) is 5.70. The molecule has 2 amide bonds. The molecule has 0 radical (unpaired) electrons. The molecule has 1 aromatic carbocycles. The second kappa shape index (κ2) is 6.30. The minimum absolute atomic E-state index is 0.251. The summed E-state index contributed by atoms with van der Waals surface area (Å²) in [5.74, 6) is -2.70. The van der Waals surface area contributed by atoms with E-state index in [-0.39, 0.29) is 11.1 Å². The minimum atomic E-state index is -1.14. The first-order valence-corrected chi connectivity index (χ1v) is 7.38. The molecule has 0 spiro atoms. The van der Waals surface area contributed by atoms with Gasteiger partial charge < -0.3 is 10.4 Å². The van der Waals surface area contributed by atoms with E-state index in [1.54, 1.807) is 0 Å². The number of amides is 2. The molecule has 114 valence electrons. The Hall–Kier alpha value is -1.83. The summed E-state index contributed by atoms with van der Waals surface area (Å²) < 4.78 is 27.1. The molecule has 2 unspecified atom stereocenters. The lowest BCUT2D eigenvalue weighted by Crippen LogP contribution is -2.47. The zero-order valence-electron chi connectivity index (χ0n) is 11.2. The van der Waals surface area contributed by atoms with Crippen LogP contribution < -0.4 is 5.32 Å². The van der Waals surface area contributed by atoms with Gasteiger partial charge >= 0.3 is 12.0 Å². The van der Waals surface area contributed by atoms with Crippen molar-refractivity contribution >= 4 is 29.4 Å². The van der Waals surface area contributed by atoms with E-state index in [9.17, 15) is 18.4 Å². The molecule has 1 fully saturated rings. The Morgan fingerprint density at radius 3 is 2.57 bits per heavy atom. The molecule has 5 nitrogen and oxygen atoms in total. The quantitative estimate of drug-likeness (QED) is 0.899. The van der Waals surface area contributed by atoms with Gasteiger partial charge in [0.15, 0.2) is 0 Å². The molecule has 2 N–H and O–H groups in total. The van der Waals surface area contributed by atoms with Crippen LogP contribution in [0.25, 0.3) is 0 Å². The van der Waals surface area contributed by atoms with E-state index in [0.717, 1.165) is 17.0 Å². The number of nitrogens with zero attached hydrogens (tertiary/aromatic N) is 1. The van der Waals surface area contributed by atoms with Crippen molar-refractivity contribution in [3.63, 3.8) is 0 Å². The van der Waals surface area contributed by atoms with Crippen molar-refractivity contribution in [1.29, 1.82) is 0 Å². The molecule has 1 aliphatic heterocycles. The van der Waals surface area contributed by atoms with E-state index in [1.807, 2.05) is 6.92 Å². The second-order valence-electron chi connectivity index (χ2n) is 4.48. The van der Waals surface area contributed by atoms with Crippen molar-refractivity contribution in [2.75, 3.05) is 11.1 Å². The molecule has 0 aliphatic carbocycles. The molecule has 0 bridgehead atoms. The number of urea groups is 1. The summed E-state index contributed by atoms with van der Waals surface area (Å²) in [4.78, 5) is 24.5. The third kappa shape index (κ3) is 3.10. The number of carboxylic acid groups (broad SMARTS) is 1. The van der Waals surface area contributed by atoms with Crippen LogP contribution in [0, 0.1) is 11.6 Å². The van der Waals surface area contributed by atoms with Gasteiger partial charge in [-0.2, -0.15) is 0 Å². The minimum Gasteiger partial charge on any atom is -0.480 e. The summed E-state index contributed by atoms with van der Waals surface area (Å²) in [5.41, 5.74) is -0.571. The van der Waals surface area contributed by atoms with Gasteiger partial charge in [0, 0.05) is 5.75 Å². The van der Waals surface area contributed by atoms with E-state index in [1.165, 1.54) is 17.8 Å².